The van der Waals surface area contributed by atoms with Crippen LogP contribution in [-0.2, 0) is 48.3 Å². The number of hydrogen-bond acceptors (Lipinski definition) is 7. The highest BCUT2D eigenvalue weighted by atomic mass is 16.7. The van der Waals surface area contributed by atoms with Crippen LogP contribution in [0, 0.1) is 0 Å². The molecule has 7 nitrogen and oxygen atoms in total. The third-order valence-corrected chi connectivity index (χ3v) is 5.88. The lowest BCUT2D eigenvalue weighted by molar-refractivity contribution is -0.309. The normalized spacial score (nSPS) is 23.8. The van der Waals surface area contributed by atoms with Gasteiger partial charge in [0.05, 0.1) is 26.4 Å². The number of aliphatic hydroxyl groups excluding tert-OH is 1. The van der Waals surface area contributed by atoms with Gasteiger partial charge in [-0.2, -0.15) is 0 Å². The summed E-state index contributed by atoms with van der Waals surface area (Å²) >= 11 is 0. The molecule has 4 rings (SSSR count). The van der Waals surface area contributed by atoms with Crippen LogP contribution in [0.3, 0.4) is 0 Å². The van der Waals surface area contributed by atoms with E-state index in [9.17, 15) is 9.90 Å². The fourth-order valence-electron chi connectivity index (χ4n) is 4.14. The Morgan fingerprint density at radius 1 is 0.722 bits per heavy atom. The van der Waals surface area contributed by atoms with Gasteiger partial charge in [0.25, 0.3) is 0 Å². The van der Waals surface area contributed by atoms with Gasteiger partial charge in [-0.05, 0) is 16.7 Å². The van der Waals surface area contributed by atoms with Gasteiger partial charge in [0, 0.05) is 6.92 Å². The molecule has 0 bridgehead atoms. The zero-order valence-corrected chi connectivity index (χ0v) is 20.3. The molecule has 7 heteroatoms. The second-order valence-electron chi connectivity index (χ2n) is 8.66. The lowest BCUT2D eigenvalue weighted by atomic mass is 9.98. The monoisotopic (exact) mass is 492 g/mol. The number of carbonyl (C=O) groups is 1. The second-order valence-corrected chi connectivity index (χ2v) is 8.66. The average molecular weight is 493 g/mol. The van der Waals surface area contributed by atoms with Crippen LogP contribution in [0.1, 0.15) is 23.6 Å². The molecule has 3 aromatic carbocycles. The van der Waals surface area contributed by atoms with Gasteiger partial charge in [0.1, 0.15) is 18.3 Å². The molecule has 5 atom stereocenters. The number of rotatable bonds is 11. The molecule has 0 aromatic heterocycles. The predicted molar refractivity (Wildman–Crippen MR) is 133 cm³/mol. The van der Waals surface area contributed by atoms with Crippen molar-refractivity contribution in [3.63, 3.8) is 0 Å². The van der Waals surface area contributed by atoms with E-state index in [1.165, 1.54) is 6.92 Å². The smallest absolute Gasteiger partial charge is 0.303 e. The fourth-order valence-corrected chi connectivity index (χ4v) is 4.14. The Morgan fingerprint density at radius 2 is 1.19 bits per heavy atom. The van der Waals surface area contributed by atoms with E-state index < -0.39 is 36.7 Å². The average Bonchev–Trinajstić information content (AvgIpc) is 2.90. The van der Waals surface area contributed by atoms with E-state index in [2.05, 4.69) is 0 Å². The van der Waals surface area contributed by atoms with Gasteiger partial charge in [-0.25, -0.2) is 0 Å². The van der Waals surface area contributed by atoms with Gasteiger partial charge in [-0.15, -0.1) is 0 Å². The molecule has 0 saturated carbocycles. The maximum absolute atomic E-state index is 11.9. The number of esters is 1. The van der Waals surface area contributed by atoms with Gasteiger partial charge >= 0.3 is 5.97 Å². The minimum Gasteiger partial charge on any atom is -0.454 e. The maximum atomic E-state index is 11.9. The summed E-state index contributed by atoms with van der Waals surface area (Å²) in [4.78, 5) is 11.9. The van der Waals surface area contributed by atoms with Crippen molar-refractivity contribution in [2.75, 3.05) is 6.61 Å². The Balaban J connectivity index is 1.53. The topological polar surface area (TPSA) is 83.5 Å². The Kier molecular flexibility index (Phi) is 9.61. The van der Waals surface area contributed by atoms with Crippen LogP contribution in [0.2, 0.25) is 0 Å². The predicted octanol–water partition coefficient (Wildman–Crippen LogP) is 4.02. The molecule has 2 unspecified atom stereocenters. The molecular weight excluding hydrogens is 460 g/mol. The van der Waals surface area contributed by atoms with Crippen molar-refractivity contribution < 1.29 is 33.6 Å². The van der Waals surface area contributed by atoms with Gasteiger partial charge in [-0.1, -0.05) is 91.0 Å². The number of ether oxygens (including phenoxy) is 5. The third kappa shape index (κ3) is 7.46. The summed E-state index contributed by atoms with van der Waals surface area (Å²) in [6.45, 7) is 2.36. The summed E-state index contributed by atoms with van der Waals surface area (Å²) in [6.07, 6.45) is -4.56. The van der Waals surface area contributed by atoms with Crippen LogP contribution in [0.25, 0.3) is 0 Å². The maximum Gasteiger partial charge on any atom is 0.303 e. The van der Waals surface area contributed by atoms with Crippen LogP contribution in [0.4, 0.5) is 0 Å². The van der Waals surface area contributed by atoms with Crippen LogP contribution in [0.15, 0.2) is 91.0 Å². The summed E-state index contributed by atoms with van der Waals surface area (Å²) in [7, 11) is 0. The highest BCUT2D eigenvalue weighted by molar-refractivity contribution is 5.66. The molecule has 3 aromatic rings. The lowest BCUT2D eigenvalue weighted by Gasteiger charge is -2.44. The van der Waals surface area contributed by atoms with Crippen molar-refractivity contribution in [1.29, 1.82) is 0 Å². The van der Waals surface area contributed by atoms with Crippen LogP contribution in [0.5, 0.6) is 0 Å². The quantitative estimate of drug-likeness (QED) is 0.405. The molecule has 1 N–H and O–H groups in total. The van der Waals surface area contributed by atoms with Crippen molar-refractivity contribution in [3.05, 3.63) is 108 Å². The molecular formula is C29H32O7. The van der Waals surface area contributed by atoms with Gasteiger partial charge in [0.2, 0.25) is 0 Å². The van der Waals surface area contributed by atoms with Crippen molar-refractivity contribution in [2.45, 2.75) is 57.5 Å². The van der Waals surface area contributed by atoms with Gasteiger partial charge in [0.15, 0.2) is 12.4 Å². The van der Waals surface area contributed by atoms with E-state index in [4.69, 9.17) is 23.7 Å². The lowest BCUT2D eigenvalue weighted by Crippen LogP contribution is -2.61. The Morgan fingerprint density at radius 3 is 1.69 bits per heavy atom. The van der Waals surface area contributed by atoms with Crippen LogP contribution >= 0.6 is 0 Å². The first-order chi connectivity index (χ1) is 17.6. The number of benzene rings is 3. The minimum atomic E-state index is -1.39. The molecule has 36 heavy (non-hydrogen) atoms. The molecule has 0 radical (unpaired) electrons. The largest absolute Gasteiger partial charge is 0.454 e. The van der Waals surface area contributed by atoms with Crippen LogP contribution in [-0.4, -0.2) is 48.4 Å². The zero-order chi connectivity index (χ0) is 25.2. The highest BCUT2D eigenvalue weighted by Crippen LogP contribution is 2.29. The molecule has 1 aliphatic heterocycles. The molecule has 190 valence electrons. The third-order valence-electron chi connectivity index (χ3n) is 5.88. The first kappa shape index (κ1) is 26.0. The first-order valence-electron chi connectivity index (χ1n) is 12.0. The Labute approximate surface area is 211 Å². The fraction of sp³-hybridized carbons (Fsp3) is 0.345. The molecule has 0 aliphatic carbocycles. The number of hydrogen-bond donors (Lipinski definition) is 1. The minimum absolute atomic E-state index is 0.156. The molecule has 1 heterocycles. The number of aliphatic hydroxyl groups is 1. The van der Waals surface area contributed by atoms with Gasteiger partial charge in [-0.3, -0.25) is 4.79 Å². The van der Waals surface area contributed by atoms with Crippen molar-refractivity contribution in [2.24, 2.45) is 0 Å². The zero-order valence-electron chi connectivity index (χ0n) is 20.3. The molecule has 1 aliphatic rings. The Hall–Kier alpha value is -3.07. The molecule has 0 spiro atoms. The summed E-state index contributed by atoms with van der Waals surface area (Å²) in [5, 5.41) is 10.8. The van der Waals surface area contributed by atoms with E-state index in [0.29, 0.717) is 6.61 Å². The summed E-state index contributed by atoms with van der Waals surface area (Å²) < 4.78 is 29.8. The van der Waals surface area contributed by atoms with Crippen molar-refractivity contribution in [3.8, 4) is 0 Å². The molecule has 1 saturated heterocycles. The van der Waals surface area contributed by atoms with Gasteiger partial charge < -0.3 is 28.8 Å². The molecule has 1 fully saturated rings. The summed E-state index contributed by atoms with van der Waals surface area (Å²) in [5.41, 5.74) is 2.93. The van der Waals surface area contributed by atoms with E-state index in [0.717, 1.165) is 16.7 Å². The van der Waals surface area contributed by atoms with E-state index >= 15 is 0 Å². The SMILES string of the molecule is CC(=O)OC1[C@@H](O)OC(COCc2ccccc2)[C@@H](OCc2ccccc2)[C@H]1OCc1ccccc1. The van der Waals surface area contributed by atoms with Crippen molar-refractivity contribution >= 4 is 5.97 Å². The summed E-state index contributed by atoms with van der Waals surface area (Å²) in [6, 6.07) is 29.2. The standard InChI is InChI=1S/C29H32O7/c1-21(30)35-28-27(34-19-24-15-9-4-10-16-24)26(33-18-23-13-7-3-8-14-23)25(36-29(28)31)20-32-17-22-11-5-2-6-12-22/h2-16,25-29,31H,17-20H2,1H3/t25?,26-,27-,28?,29+/m1/s1. The first-order valence-corrected chi connectivity index (χ1v) is 12.0. The van der Waals surface area contributed by atoms with Crippen molar-refractivity contribution in [1.82, 2.24) is 0 Å². The molecule has 0 amide bonds. The van der Waals surface area contributed by atoms with Crippen LogP contribution < -0.4 is 0 Å². The van der Waals surface area contributed by atoms with E-state index in [1.807, 2.05) is 91.0 Å². The Bertz CT molecular complexity index is 1040. The van der Waals surface area contributed by atoms with E-state index in [-0.39, 0.29) is 19.8 Å². The van der Waals surface area contributed by atoms with E-state index in [1.54, 1.807) is 0 Å². The summed E-state index contributed by atoms with van der Waals surface area (Å²) in [5.74, 6) is -0.545. The second kappa shape index (κ2) is 13.3. The number of carbonyl (C=O) groups excluding carboxylic acids is 1. The highest BCUT2D eigenvalue weighted by Gasteiger charge is 2.49.